The molecule has 4 aromatic heterocycles. The number of nitrogen functional groups attached to an aromatic ring is 1. The molecule has 12 rings (SSSR count). The summed E-state index contributed by atoms with van der Waals surface area (Å²) in [6, 6.07) is 62.3. The Morgan fingerprint density at radius 1 is 0.305 bits per heavy atom. The number of anilines is 5. The highest BCUT2D eigenvalue weighted by Crippen LogP contribution is 2.34. The van der Waals surface area contributed by atoms with Gasteiger partial charge in [0.05, 0.1) is 22.7 Å². The number of aryl methyl sites for hydroxylation is 5. The van der Waals surface area contributed by atoms with E-state index >= 15 is 0 Å². The lowest BCUT2D eigenvalue weighted by Gasteiger charge is -2.22. The summed E-state index contributed by atoms with van der Waals surface area (Å²) in [5.74, 6) is -2.32. The van der Waals surface area contributed by atoms with E-state index in [2.05, 4.69) is 19.9 Å². The summed E-state index contributed by atoms with van der Waals surface area (Å²) in [6.07, 6.45) is 13.8. The van der Waals surface area contributed by atoms with Gasteiger partial charge in [0.25, 0.3) is 0 Å². The maximum atomic E-state index is 14.9. The van der Waals surface area contributed by atoms with Crippen LogP contribution in [0.4, 0.5) is 50.5 Å². The number of halogens is 6. The summed E-state index contributed by atoms with van der Waals surface area (Å²) < 4.78 is 73.0. The van der Waals surface area contributed by atoms with Crippen LogP contribution >= 0.6 is 11.6 Å². The third-order valence-corrected chi connectivity index (χ3v) is 21.9. The zero-order valence-electron chi connectivity index (χ0n) is 73.9. The molecule has 0 spiro atoms. The number of amides is 4. The van der Waals surface area contributed by atoms with Gasteiger partial charge in [-0.15, -0.1) is 0 Å². The molecule has 0 unspecified atom stereocenters. The monoisotopic (exact) mass is 1750 g/mol. The number of carbonyl (C=O) groups excluding carboxylic acids is 8. The molecular formula is C105H109ClF5N9O8. The van der Waals surface area contributed by atoms with Crippen molar-refractivity contribution in [1.29, 1.82) is 0 Å². The van der Waals surface area contributed by atoms with Gasteiger partial charge in [-0.2, -0.15) is 4.39 Å². The van der Waals surface area contributed by atoms with Crippen LogP contribution in [-0.4, -0.2) is 92.9 Å². The van der Waals surface area contributed by atoms with Crippen molar-refractivity contribution in [1.82, 2.24) is 19.9 Å². The number of nitrogens with two attached hydrogens (primary N) is 1. The van der Waals surface area contributed by atoms with Crippen molar-refractivity contribution in [2.75, 3.05) is 51.5 Å². The molecule has 0 fully saturated rings. The maximum Gasteiger partial charge on any atom is 0.226 e. The number of benzene rings is 8. The number of nitrogens with zero attached hydrogens (tertiary/aromatic N) is 8. The van der Waals surface area contributed by atoms with Crippen molar-refractivity contribution >= 4 is 86.9 Å². The van der Waals surface area contributed by atoms with Crippen LogP contribution in [0, 0.1) is 36.1 Å². The fourth-order valence-corrected chi connectivity index (χ4v) is 14.6. The predicted molar refractivity (Wildman–Crippen MR) is 501 cm³/mol. The Morgan fingerprint density at radius 3 is 0.828 bits per heavy atom. The fraction of sp³-hybridized carbons (Fsp3) is 0.276. The second kappa shape index (κ2) is 49.5. The predicted octanol–water partition coefficient (Wildman–Crippen LogP) is 24.1. The average molecular weight is 1760 g/mol. The molecule has 0 aliphatic rings. The number of rotatable bonds is 36. The number of aromatic nitrogens is 4. The van der Waals surface area contributed by atoms with Crippen LogP contribution in [0.2, 0.25) is 5.15 Å². The Labute approximate surface area is 751 Å². The minimum atomic E-state index is -0.556. The van der Waals surface area contributed by atoms with Crippen molar-refractivity contribution in [3.8, 4) is 44.5 Å². The number of pyridine rings is 4. The zero-order chi connectivity index (χ0) is 92.3. The van der Waals surface area contributed by atoms with E-state index in [0.29, 0.717) is 168 Å². The minimum absolute atomic E-state index is 0.00582. The number of carbonyl (C=O) groups is 8. The first-order chi connectivity index (χ1) is 61.8. The molecular weight excluding hydrogens is 1650 g/mol. The van der Waals surface area contributed by atoms with Gasteiger partial charge in [0, 0.05) is 136 Å². The van der Waals surface area contributed by atoms with Crippen molar-refractivity contribution in [3.63, 3.8) is 0 Å². The number of hydrogen-bond acceptors (Lipinski definition) is 13. The summed E-state index contributed by atoms with van der Waals surface area (Å²) in [4.78, 5) is 121. The quantitative estimate of drug-likeness (QED) is 0.0219. The van der Waals surface area contributed by atoms with Gasteiger partial charge in [0.2, 0.25) is 29.6 Å². The second-order valence-electron chi connectivity index (χ2n) is 30.5. The molecule has 0 saturated heterocycles. The lowest BCUT2D eigenvalue weighted by molar-refractivity contribution is -0.119. The third kappa shape index (κ3) is 27.3. The zero-order valence-corrected chi connectivity index (χ0v) is 74.7. The van der Waals surface area contributed by atoms with Gasteiger partial charge in [-0.3, -0.25) is 43.3 Å². The first-order valence-electron chi connectivity index (χ1n) is 43.5. The first kappa shape index (κ1) is 98.5. The molecule has 0 bridgehead atoms. The van der Waals surface area contributed by atoms with Gasteiger partial charge >= 0.3 is 0 Å². The molecule has 17 nitrogen and oxygen atoms in total. The normalized spacial score (nSPS) is 10.7. The van der Waals surface area contributed by atoms with E-state index in [-0.39, 0.29) is 65.3 Å². The Kier molecular flexibility index (Phi) is 38.1. The van der Waals surface area contributed by atoms with Crippen molar-refractivity contribution in [2.45, 2.75) is 165 Å². The van der Waals surface area contributed by atoms with Crippen LogP contribution < -0.4 is 25.3 Å². The van der Waals surface area contributed by atoms with Crippen LogP contribution in [0.25, 0.3) is 44.5 Å². The summed E-state index contributed by atoms with van der Waals surface area (Å²) >= 11 is 6.05. The summed E-state index contributed by atoms with van der Waals surface area (Å²) in [5.41, 5.74) is 19.4. The molecule has 4 heterocycles. The van der Waals surface area contributed by atoms with Crippen LogP contribution in [0.15, 0.2) is 243 Å². The second-order valence-corrected chi connectivity index (χ2v) is 30.8. The average Bonchev–Trinajstić information content (AvgIpc) is 0.823. The molecule has 0 aliphatic heterocycles. The Hall–Kier alpha value is -13.3. The number of hydrogen-bond donors (Lipinski definition) is 1. The Morgan fingerprint density at radius 2 is 0.555 bits per heavy atom. The van der Waals surface area contributed by atoms with Crippen molar-refractivity contribution in [3.05, 3.63) is 328 Å². The topological polar surface area (TPSA) is 227 Å². The van der Waals surface area contributed by atoms with Crippen LogP contribution in [-0.2, 0) is 44.9 Å². The van der Waals surface area contributed by atoms with E-state index in [0.717, 1.165) is 70.3 Å². The molecule has 0 atom stereocenters. The van der Waals surface area contributed by atoms with Gasteiger partial charge in [-0.05, 0) is 192 Å². The largest absolute Gasteiger partial charge is 0.383 e. The lowest BCUT2D eigenvalue weighted by atomic mass is 9.99. The highest BCUT2D eigenvalue weighted by molar-refractivity contribution is 6.30. The van der Waals surface area contributed by atoms with E-state index in [1.807, 2.05) is 77.1 Å². The fourth-order valence-electron chi connectivity index (χ4n) is 14.4. The van der Waals surface area contributed by atoms with Crippen molar-refractivity contribution in [2.24, 2.45) is 0 Å². The van der Waals surface area contributed by atoms with Gasteiger partial charge in [-0.25, -0.2) is 32.5 Å². The lowest BCUT2D eigenvalue weighted by Crippen LogP contribution is -2.31. The summed E-state index contributed by atoms with van der Waals surface area (Å²) in [7, 11) is 0. The van der Waals surface area contributed by atoms with Gasteiger partial charge in [-0.1, -0.05) is 213 Å². The van der Waals surface area contributed by atoms with E-state index in [4.69, 9.17) is 17.3 Å². The summed E-state index contributed by atoms with van der Waals surface area (Å²) in [6.45, 7) is 18.7. The number of Topliss-reactive ketones (excluding diaryl/α,β-unsaturated/α-hetero) is 4. The van der Waals surface area contributed by atoms with Gasteiger partial charge in [0.15, 0.2) is 23.1 Å². The molecule has 0 aliphatic carbocycles. The van der Waals surface area contributed by atoms with Crippen LogP contribution in [0.3, 0.4) is 0 Å². The maximum absolute atomic E-state index is 14.9. The van der Waals surface area contributed by atoms with Crippen molar-refractivity contribution < 1.29 is 60.3 Å². The molecule has 2 N–H and O–H groups in total. The number of ketones is 4. The highest BCUT2D eigenvalue weighted by atomic mass is 35.5. The van der Waals surface area contributed by atoms with Gasteiger partial charge < -0.3 is 25.3 Å². The smallest absolute Gasteiger partial charge is 0.226 e. The molecule has 4 amide bonds. The third-order valence-electron chi connectivity index (χ3n) is 21.5. The SMILES string of the molecule is CCCN(C(=O)CC)c1ccc(-c2ccc(C(=O)CCc3cccnc3C)cc2)cc1F.CCCN(C(=O)CC)c1ccc(-c2ccc(C(=O)CCc3cccnc3Cl)cc2)cc1F.CCCN(C(=O)CC)c1ccc(-c2ccc(C(=O)CCc3cccnc3F)cc2)cc1F.CCCN(C(=O)CC)c1ccc(-c2ccc(C(=O)CCc3cccnc3N)cc2)cc1F. The van der Waals surface area contributed by atoms with Crippen LogP contribution in [0.5, 0.6) is 0 Å². The molecule has 0 saturated carbocycles. The first-order valence-corrected chi connectivity index (χ1v) is 43.9. The van der Waals surface area contributed by atoms with Crippen LogP contribution in [0.1, 0.15) is 202 Å². The van der Waals surface area contributed by atoms with E-state index in [9.17, 15) is 60.3 Å². The molecule has 8 aromatic carbocycles. The summed E-state index contributed by atoms with van der Waals surface area (Å²) in [5, 5.41) is 0.416. The molecule has 664 valence electrons. The standard InChI is InChI=1S/C27H29FN2O2.C26H26ClFN2O2.C26H26F2N2O2.C26H28FN3O2/c1-4-17-30(27(32)5-2)25-14-12-23(18-24(25)28)21-8-10-22(11-9-21)26(31)15-13-20-7-6-16-29-19(20)3;1-3-16-30(25(32)4-2)23-13-11-21(17-22(23)28)18-7-9-19(10-8-18)24(31)14-12-20-6-5-15-29-26(20)27;2*1-3-16-30(25(32)4-2)23-13-11-21(17-22(23)27)18-7-9-19(10-8-18)24(31)14-12-20-6-5-15-29-26(20)28/h6-12,14,16,18H,4-5,13,15,17H2,1-3H3;2*5-11,13,15,17H,3-4,12,14,16H2,1-2H3;5-11,13,15,17H,3-4,12,14,16H2,1-2H3,(H2,28,29). The molecule has 128 heavy (non-hydrogen) atoms. The van der Waals surface area contributed by atoms with Gasteiger partial charge in [0.1, 0.15) is 34.2 Å². The molecule has 23 heteroatoms. The minimum Gasteiger partial charge on any atom is -0.383 e. The Balaban J connectivity index is 0.000000193. The molecule has 0 radical (unpaired) electrons. The van der Waals surface area contributed by atoms with E-state index in [1.165, 1.54) is 50.1 Å². The van der Waals surface area contributed by atoms with E-state index in [1.54, 1.807) is 198 Å². The highest BCUT2D eigenvalue weighted by Gasteiger charge is 2.24. The van der Waals surface area contributed by atoms with E-state index < -0.39 is 29.2 Å². The molecule has 12 aromatic rings. The Bertz CT molecular complexity index is 5090.